The molecule has 0 spiro atoms. The fraction of sp³-hybridized carbons (Fsp3) is 0.417. The Balaban J connectivity index is 1.75. The first-order valence-electron chi connectivity index (χ1n) is 10.5. The molecule has 1 aromatic carbocycles. The number of thiophene rings is 1. The molecule has 0 aliphatic carbocycles. The van der Waals surface area contributed by atoms with Crippen LogP contribution in [0.25, 0.3) is 0 Å². The van der Waals surface area contributed by atoms with Crippen LogP contribution in [0.5, 0.6) is 5.75 Å². The second-order valence-corrected chi connectivity index (χ2v) is 9.08. The number of nitrogens with zero attached hydrogens (tertiary/aromatic N) is 2. The Morgan fingerprint density at radius 1 is 1.32 bits per heavy atom. The Kier molecular flexibility index (Phi) is 7.85. The van der Waals surface area contributed by atoms with E-state index >= 15 is 0 Å². The number of carbonyl (C=O) groups is 2. The van der Waals surface area contributed by atoms with Crippen LogP contribution in [0.2, 0.25) is 0 Å². The van der Waals surface area contributed by atoms with Gasteiger partial charge in [0.25, 0.3) is 0 Å². The summed E-state index contributed by atoms with van der Waals surface area (Å²) in [6.07, 6.45) is 2.83. The zero-order valence-electron chi connectivity index (χ0n) is 18.1. The lowest BCUT2D eigenvalue weighted by molar-refractivity contribution is -0.142. The maximum Gasteiger partial charge on any atom is 0.242 e. The fourth-order valence-electron chi connectivity index (χ4n) is 3.72. The van der Waals surface area contributed by atoms with Gasteiger partial charge in [0, 0.05) is 24.4 Å². The number of amides is 2. The Hall–Kier alpha value is -2.67. The lowest BCUT2D eigenvalue weighted by Crippen LogP contribution is -2.48. The summed E-state index contributed by atoms with van der Waals surface area (Å²) in [7, 11) is 0. The molecule has 166 valence electrons. The Morgan fingerprint density at radius 2 is 2.06 bits per heavy atom. The van der Waals surface area contributed by atoms with Crippen molar-refractivity contribution < 1.29 is 18.7 Å². The third-order valence-corrected chi connectivity index (χ3v) is 6.24. The minimum atomic E-state index is -0.324. The van der Waals surface area contributed by atoms with Gasteiger partial charge in [-0.1, -0.05) is 19.9 Å². The molecule has 3 rings (SSSR count). The predicted molar refractivity (Wildman–Crippen MR) is 121 cm³/mol. The predicted octanol–water partition coefficient (Wildman–Crippen LogP) is 4.45. The Morgan fingerprint density at radius 3 is 2.74 bits per heavy atom. The number of rotatable bonds is 9. The average Bonchev–Trinajstić information content (AvgIpc) is 3.21. The molecule has 2 aromatic rings. The first kappa shape index (κ1) is 23.0. The highest BCUT2D eigenvalue weighted by molar-refractivity contribution is 7.10. The van der Waals surface area contributed by atoms with Crippen molar-refractivity contribution in [1.29, 1.82) is 0 Å². The molecule has 0 N–H and O–H groups in total. The SMILES string of the molecule is C=CCN(CC(=O)N1CCc2sccc2[C@@H]1COc1ccc(F)cc1)C(=O)CC(C)C. The van der Waals surface area contributed by atoms with Crippen molar-refractivity contribution in [2.24, 2.45) is 5.92 Å². The van der Waals surface area contributed by atoms with Crippen LogP contribution in [0, 0.1) is 11.7 Å². The molecule has 31 heavy (non-hydrogen) atoms. The molecule has 0 bridgehead atoms. The van der Waals surface area contributed by atoms with Crippen molar-refractivity contribution in [1.82, 2.24) is 9.80 Å². The van der Waals surface area contributed by atoms with Crippen LogP contribution >= 0.6 is 11.3 Å². The van der Waals surface area contributed by atoms with Crippen LogP contribution in [-0.4, -0.2) is 47.9 Å². The first-order valence-corrected chi connectivity index (χ1v) is 11.4. The Bertz CT molecular complexity index is 910. The second kappa shape index (κ2) is 10.6. The monoisotopic (exact) mass is 444 g/mol. The quantitative estimate of drug-likeness (QED) is 0.537. The number of fused-ring (bicyclic) bond motifs is 1. The number of carbonyl (C=O) groups excluding carboxylic acids is 2. The highest BCUT2D eigenvalue weighted by atomic mass is 32.1. The fourth-order valence-corrected chi connectivity index (χ4v) is 4.65. The van der Waals surface area contributed by atoms with Gasteiger partial charge in [-0.2, -0.15) is 0 Å². The normalized spacial score (nSPS) is 15.5. The van der Waals surface area contributed by atoms with Gasteiger partial charge in [-0.25, -0.2) is 4.39 Å². The van der Waals surface area contributed by atoms with E-state index in [0.717, 1.165) is 12.0 Å². The van der Waals surface area contributed by atoms with Crippen LogP contribution in [0.4, 0.5) is 4.39 Å². The Labute approximate surface area is 187 Å². The molecular weight excluding hydrogens is 415 g/mol. The van der Waals surface area contributed by atoms with E-state index < -0.39 is 0 Å². The molecule has 1 aliphatic heterocycles. The van der Waals surface area contributed by atoms with E-state index in [-0.39, 0.29) is 42.7 Å². The smallest absolute Gasteiger partial charge is 0.242 e. The zero-order chi connectivity index (χ0) is 22.4. The van der Waals surface area contributed by atoms with Crippen molar-refractivity contribution in [2.75, 3.05) is 26.2 Å². The summed E-state index contributed by atoms with van der Waals surface area (Å²) in [5.41, 5.74) is 1.08. The maximum atomic E-state index is 13.3. The summed E-state index contributed by atoms with van der Waals surface area (Å²) >= 11 is 1.68. The number of hydrogen-bond donors (Lipinski definition) is 0. The van der Waals surface area contributed by atoms with E-state index in [1.165, 1.54) is 17.0 Å². The third kappa shape index (κ3) is 5.94. The molecule has 2 amide bonds. The van der Waals surface area contributed by atoms with Gasteiger partial charge >= 0.3 is 0 Å². The number of hydrogen-bond acceptors (Lipinski definition) is 4. The summed E-state index contributed by atoms with van der Waals surface area (Å²) in [6.45, 7) is 8.89. The molecular formula is C24H29FN2O3S. The van der Waals surface area contributed by atoms with E-state index in [4.69, 9.17) is 4.74 Å². The number of halogens is 1. The topological polar surface area (TPSA) is 49.9 Å². The van der Waals surface area contributed by atoms with Gasteiger partial charge in [-0.05, 0) is 53.6 Å². The average molecular weight is 445 g/mol. The van der Waals surface area contributed by atoms with Crippen molar-refractivity contribution in [3.8, 4) is 5.75 Å². The van der Waals surface area contributed by atoms with Gasteiger partial charge in [0.15, 0.2) is 0 Å². The van der Waals surface area contributed by atoms with Crippen LogP contribution < -0.4 is 4.74 Å². The van der Waals surface area contributed by atoms with E-state index in [2.05, 4.69) is 6.58 Å². The van der Waals surface area contributed by atoms with Crippen LogP contribution in [0.1, 0.15) is 36.8 Å². The molecule has 1 atom stereocenters. The standard InChI is InChI=1S/C24H29FN2O3S/c1-4-11-26(23(28)14-17(2)3)15-24(29)27-12-9-22-20(10-13-31-22)21(27)16-30-19-7-5-18(25)6-8-19/h4-8,10,13,17,21H,1,9,11-12,14-16H2,2-3H3/t21-/m0/s1. The van der Waals surface area contributed by atoms with E-state index in [0.29, 0.717) is 25.3 Å². The van der Waals surface area contributed by atoms with Gasteiger partial charge in [-0.15, -0.1) is 17.9 Å². The summed E-state index contributed by atoms with van der Waals surface area (Å²) < 4.78 is 19.1. The molecule has 2 heterocycles. The van der Waals surface area contributed by atoms with Gasteiger partial charge < -0.3 is 14.5 Å². The summed E-state index contributed by atoms with van der Waals surface area (Å²) in [5, 5.41) is 2.03. The van der Waals surface area contributed by atoms with Crippen LogP contribution in [0.15, 0.2) is 48.4 Å². The van der Waals surface area contributed by atoms with Crippen molar-refractivity contribution in [2.45, 2.75) is 32.7 Å². The summed E-state index contributed by atoms with van der Waals surface area (Å²) in [5.74, 6) is 0.293. The zero-order valence-corrected chi connectivity index (χ0v) is 18.9. The molecule has 0 radical (unpaired) electrons. The molecule has 0 fully saturated rings. The van der Waals surface area contributed by atoms with E-state index in [9.17, 15) is 14.0 Å². The molecule has 0 saturated carbocycles. The van der Waals surface area contributed by atoms with Crippen LogP contribution in [-0.2, 0) is 16.0 Å². The van der Waals surface area contributed by atoms with E-state index in [1.807, 2.05) is 25.3 Å². The molecule has 0 saturated heterocycles. The highest BCUT2D eigenvalue weighted by Crippen LogP contribution is 2.34. The molecule has 0 unspecified atom stereocenters. The van der Waals surface area contributed by atoms with Crippen LogP contribution in [0.3, 0.4) is 0 Å². The molecule has 5 nitrogen and oxygen atoms in total. The number of ether oxygens (including phenoxy) is 1. The van der Waals surface area contributed by atoms with Gasteiger partial charge in [-0.3, -0.25) is 9.59 Å². The summed E-state index contributed by atoms with van der Waals surface area (Å²) in [4.78, 5) is 30.5. The number of benzene rings is 1. The third-order valence-electron chi connectivity index (χ3n) is 5.25. The molecule has 7 heteroatoms. The van der Waals surface area contributed by atoms with Crippen molar-refractivity contribution in [3.05, 3.63) is 64.6 Å². The largest absolute Gasteiger partial charge is 0.491 e. The minimum Gasteiger partial charge on any atom is -0.491 e. The summed E-state index contributed by atoms with van der Waals surface area (Å²) in [6, 6.07) is 7.64. The van der Waals surface area contributed by atoms with Crippen molar-refractivity contribution in [3.63, 3.8) is 0 Å². The van der Waals surface area contributed by atoms with Gasteiger partial charge in [0.1, 0.15) is 24.7 Å². The lowest BCUT2D eigenvalue weighted by Gasteiger charge is -2.37. The first-order chi connectivity index (χ1) is 14.9. The molecule has 1 aliphatic rings. The van der Waals surface area contributed by atoms with E-state index in [1.54, 1.807) is 39.3 Å². The maximum absolute atomic E-state index is 13.3. The highest BCUT2D eigenvalue weighted by Gasteiger charge is 2.33. The van der Waals surface area contributed by atoms with Crippen molar-refractivity contribution >= 4 is 23.2 Å². The lowest BCUT2D eigenvalue weighted by atomic mass is 10.0. The van der Waals surface area contributed by atoms with Gasteiger partial charge in [0.2, 0.25) is 11.8 Å². The van der Waals surface area contributed by atoms with Gasteiger partial charge in [0.05, 0.1) is 6.04 Å². The second-order valence-electron chi connectivity index (χ2n) is 8.08. The minimum absolute atomic E-state index is 0.0179. The molecule has 1 aromatic heterocycles.